The first-order valence-electron chi connectivity index (χ1n) is 6.80. The average Bonchev–Trinajstić information content (AvgIpc) is 2.42. The summed E-state index contributed by atoms with van der Waals surface area (Å²) in [6.07, 6.45) is 2.39. The summed E-state index contributed by atoms with van der Waals surface area (Å²) in [5, 5.41) is 3.99. The van der Waals surface area contributed by atoms with Crippen LogP contribution in [0.25, 0.3) is 0 Å². The first-order chi connectivity index (χ1) is 9.08. The lowest BCUT2D eigenvalue weighted by molar-refractivity contribution is 0.0764. The van der Waals surface area contributed by atoms with E-state index < -0.39 is 0 Å². The summed E-state index contributed by atoms with van der Waals surface area (Å²) in [6, 6.07) is 5.47. The van der Waals surface area contributed by atoms with Crippen molar-refractivity contribution in [3.8, 4) is 0 Å². The Kier molecular flexibility index (Phi) is 4.83. The minimum atomic E-state index is 0.0607. The molecule has 1 saturated heterocycles. The van der Waals surface area contributed by atoms with Gasteiger partial charge in [0, 0.05) is 24.2 Å². The molecule has 1 aromatic rings. The van der Waals surface area contributed by atoms with E-state index in [1.165, 1.54) is 12.8 Å². The molecule has 1 atom stereocenters. The molecule has 3 nitrogen and oxygen atoms in total. The second kappa shape index (κ2) is 6.40. The molecule has 1 aromatic carbocycles. The van der Waals surface area contributed by atoms with Crippen LogP contribution in [0, 0.1) is 12.8 Å². The van der Waals surface area contributed by atoms with Crippen LogP contribution in [0.4, 0.5) is 0 Å². The van der Waals surface area contributed by atoms with Crippen molar-refractivity contribution in [2.75, 3.05) is 26.7 Å². The van der Waals surface area contributed by atoms with Crippen molar-refractivity contribution in [2.24, 2.45) is 5.92 Å². The highest BCUT2D eigenvalue weighted by molar-refractivity contribution is 6.31. The minimum absolute atomic E-state index is 0.0607. The molecule has 0 saturated carbocycles. The first kappa shape index (κ1) is 14.4. The predicted molar refractivity (Wildman–Crippen MR) is 78.7 cm³/mol. The maximum Gasteiger partial charge on any atom is 0.253 e. The van der Waals surface area contributed by atoms with Crippen molar-refractivity contribution in [3.05, 3.63) is 34.3 Å². The van der Waals surface area contributed by atoms with Crippen LogP contribution >= 0.6 is 11.6 Å². The van der Waals surface area contributed by atoms with Gasteiger partial charge in [0.2, 0.25) is 0 Å². The molecule has 1 fully saturated rings. The van der Waals surface area contributed by atoms with Gasteiger partial charge in [-0.3, -0.25) is 4.79 Å². The fourth-order valence-corrected chi connectivity index (χ4v) is 2.75. The molecular weight excluding hydrogens is 260 g/mol. The monoisotopic (exact) mass is 280 g/mol. The quantitative estimate of drug-likeness (QED) is 0.923. The van der Waals surface area contributed by atoms with E-state index in [1.54, 1.807) is 6.07 Å². The molecule has 19 heavy (non-hydrogen) atoms. The van der Waals surface area contributed by atoms with Crippen LogP contribution in [-0.4, -0.2) is 37.5 Å². The topological polar surface area (TPSA) is 32.3 Å². The number of halogens is 1. The molecule has 104 valence electrons. The van der Waals surface area contributed by atoms with E-state index in [0.29, 0.717) is 16.5 Å². The normalized spacial score (nSPS) is 19.2. The number of carbonyl (C=O) groups is 1. The van der Waals surface area contributed by atoms with Gasteiger partial charge in [-0.2, -0.15) is 0 Å². The second-order valence-electron chi connectivity index (χ2n) is 5.36. The van der Waals surface area contributed by atoms with Crippen LogP contribution in [0.15, 0.2) is 18.2 Å². The van der Waals surface area contributed by atoms with E-state index in [9.17, 15) is 4.79 Å². The lowest BCUT2D eigenvalue weighted by Gasteiger charge is -2.28. The Morgan fingerprint density at radius 1 is 1.53 bits per heavy atom. The zero-order chi connectivity index (χ0) is 13.8. The largest absolute Gasteiger partial charge is 0.341 e. The number of nitrogens with one attached hydrogen (secondary N) is 1. The summed E-state index contributed by atoms with van der Waals surface area (Å²) in [5.74, 6) is 0.618. The van der Waals surface area contributed by atoms with Crippen LogP contribution in [0.1, 0.15) is 28.8 Å². The van der Waals surface area contributed by atoms with Gasteiger partial charge in [0.15, 0.2) is 0 Å². The van der Waals surface area contributed by atoms with Crippen molar-refractivity contribution in [1.82, 2.24) is 10.2 Å². The summed E-state index contributed by atoms with van der Waals surface area (Å²) < 4.78 is 0. The van der Waals surface area contributed by atoms with E-state index in [1.807, 2.05) is 31.0 Å². The average molecular weight is 281 g/mol. The number of nitrogens with zero attached hydrogens (tertiary/aromatic N) is 1. The summed E-state index contributed by atoms with van der Waals surface area (Å²) in [6.45, 7) is 4.85. The van der Waals surface area contributed by atoms with Gasteiger partial charge >= 0.3 is 0 Å². The highest BCUT2D eigenvalue weighted by atomic mass is 35.5. The van der Waals surface area contributed by atoms with E-state index in [-0.39, 0.29) is 5.91 Å². The molecule has 1 aliphatic rings. The third kappa shape index (κ3) is 3.71. The van der Waals surface area contributed by atoms with Gasteiger partial charge in [-0.1, -0.05) is 17.7 Å². The molecule has 0 spiro atoms. The molecule has 2 rings (SSSR count). The maximum absolute atomic E-state index is 12.4. The standard InChI is InChI=1S/C15H21ClN2O/c1-11-5-6-13(16)8-14(11)15(19)18(2)10-12-4-3-7-17-9-12/h5-6,8,12,17H,3-4,7,9-10H2,1-2H3. The molecule has 1 unspecified atom stereocenters. The van der Waals surface area contributed by atoms with Gasteiger partial charge in [0.25, 0.3) is 5.91 Å². The number of rotatable bonds is 3. The third-order valence-corrected chi connectivity index (χ3v) is 3.94. The van der Waals surface area contributed by atoms with Gasteiger partial charge in [-0.05, 0) is 56.5 Å². The lowest BCUT2D eigenvalue weighted by atomic mass is 9.98. The van der Waals surface area contributed by atoms with Crippen LogP contribution in [-0.2, 0) is 0 Å². The van der Waals surface area contributed by atoms with Crippen LogP contribution < -0.4 is 5.32 Å². The molecular formula is C15H21ClN2O. The number of carbonyl (C=O) groups excluding carboxylic acids is 1. The Hall–Kier alpha value is -1.06. The fourth-order valence-electron chi connectivity index (χ4n) is 2.58. The zero-order valence-electron chi connectivity index (χ0n) is 11.6. The predicted octanol–water partition coefficient (Wildman–Crippen LogP) is 2.72. The molecule has 0 radical (unpaired) electrons. The van der Waals surface area contributed by atoms with Crippen molar-refractivity contribution < 1.29 is 4.79 Å². The maximum atomic E-state index is 12.4. The van der Waals surface area contributed by atoms with Crippen molar-refractivity contribution >= 4 is 17.5 Å². The first-order valence-corrected chi connectivity index (χ1v) is 7.18. The highest BCUT2D eigenvalue weighted by Gasteiger charge is 2.20. The number of piperidine rings is 1. The molecule has 1 aliphatic heterocycles. The SMILES string of the molecule is Cc1ccc(Cl)cc1C(=O)N(C)CC1CCCNC1. The Bertz CT molecular complexity index is 455. The molecule has 1 N–H and O–H groups in total. The Labute approximate surface area is 119 Å². The number of hydrogen-bond donors (Lipinski definition) is 1. The van der Waals surface area contributed by atoms with Crippen molar-refractivity contribution in [1.29, 1.82) is 0 Å². The summed E-state index contributed by atoms with van der Waals surface area (Å²) in [7, 11) is 1.87. The molecule has 0 aliphatic carbocycles. The minimum Gasteiger partial charge on any atom is -0.341 e. The summed E-state index contributed by atoms with van der Waals surface area (Å²) in [4.78, 5) is 14.3. The number of hydrogen-bond acceptors (Lipinski definition) is 2. The smallest absolute Gasteiger partial charge is 0.253 e. The Balaban J connectivity index is 2.03. The van der Waals surface area contributed by atoms with Crippen molar-refractivity contribution in [2.45, 2.75) is 19.8 Å². The van der Waals surface area contributed by atoms with Gasteiger partial charge in [0.1, 0.15) is 0 Å². The van der Waals surface area contributed by atoms with Crippen LogP contribution in [0.2, 0.25) is 5.02 Å². The third-order valence-electron chi connectivity index (χ3n) is 3.71. The van der Waals surface area contributed by atoms with E-state index in [0.717, 1.165) is 25.2 Å². The van der Waals surface area contributed by atoms with E-state index in [4.69, 9.17) is 11.6 Å². The summed E-state index contributed by atoms with van der Waals surface area (Å²) in [5.41, 5.74) is 1.68. The number of benzene rings is 1. The van der Waals surface area contributed by atoms with Crippen LogP contribution in [0.3, 0.4) is 0 Å². The molecule has 4 heteroatoms. The molecule has 1 amide bonds. The zero-order valence-corrected chi connectivity index (χ0v) is 12.3. The molecule has 1 heterocycles. The van der Waals surface area contributed by atoms with Gasteiger partial charge < -0.3 is 10.2 Å². The molecule has 0 aromatic heterocycles. The number of aryl methyl sites for hydroxylation is 1. The number of amides is 1. The lowest BCUT2D eigenvalue weighted by Crippen LogP contribution is -2.39. The summed E-state index contributed by atoms with van der Waals surface area (Å²) >= 11 is 5.98. The van der Waals surface area contributed by atoms with E-state index in [2.05, 4.69) is 5.32 Å². The van der Waals surface area contributed by atoms with Gasteiger partial charge in [-0.15, -0.1) is 0 Å². The van der Waals surface area contributed by atoms with Gasteiger partial charge in [0.05, 0.1) is 0 Å². The van der Waals surface area contributed by atoms with Crippen molar-refractivity contribution in [3.63, 3.8) is 0 Å². The van der Waals surface area contributed by atoms with E-state index >= 15 is 0 Å². The Morgan fingerprint density at radius 3 is 3.00 bits per heavy atom. The van der Waals surface area contributed by atoms with Crippen LogP contribution in [0.5, 0.6) is 0 Å². The van der Waals surface area contributed by atoms with Gasteiger partial charge in [-0.25, -0.2) is 0 Å². The second-order valence-corrected chi connectivity index (χ2v) is 5.79. The molecule has 0 bridgehead atoms. The fraction of sp³-hybridized carbons (Fsp3) is 0.533. The highest BCUT2D eigenvalue weighted by Crippen LogP contribution is 2.18. The Morgan fingerprint density at radius 2 is 2.32 bits per heavy atom.